The van der Waals surface area contributed by atoms with E-state index in [1.807, 2.05) is 47.4 Å². The Morgan fingerprint density at radius 1 is 1.08 bits per heavy atom. The Labute approximate surface area is 223 Å². The molecule has 0 saturated heterocycles. The van der Waals surface area contributed by atoms with Gasteiger partial charge in [-0.05, 0) is 41.3 Å². The molecule has 1 aliphatic rings. The molecule has 9 heteroatoms. The number of ether oxygens (including phenoxy) is 2. The van der Waals surface area contributed by atoms with E-state index in [0.29, 0.717) is 47.2 Å². The largest absolute Gasteiger partial charge is 0.473 e. The number of halogens is 1. The summed E-state index contributed by atoms with van der Waals surface area (Å²) in [6, 6.07) is 19.6. The summed E-state index contributed by atoms with van der Waals surface area (Å²) in [6.45, 7) is 5.67. The van der Waals surface area contributed by atoms with Gasteiger partial charge < -0.3 is 14.4 Å². The fourth-order valence-electron chi connectivity index (χ4n) is 3.89. The third-order valence-electron chi connectivity index (χ3n) is 5.85. The predicted molar refractivity (Wildman–Crippen MR) is 146 cm³/mol. The maximum Gasteiger partial charge on any atom is 0.273 e. The van der Waals surface area contributed by atoms with E-state index >= 15 is 0 Å². The second-order valence-electron chi connectivity index (χ2n) is 8.54. The molecule has 192 valence electrons. The van der Waals surface area contributed by atoms with E-state index in [1.54, 1.807) is 18.3 Å². The standard InChI is InChI=1S/C29H25FN4O3S/c1-20(28(35)33-29-32-17-27(38-29)37-25-11-5-10-24(30)15-25)34-14-6-9-23(18-34)22-12-13-26(31-16-22)36-19-21-7-3-2-4-8-21/h2-5,7-13,15-17H,1,6,14,18-19H2,(H,32,33,35). The Morgan fingerprint density at radius 2 is 1.95 bits per heavy atom. The lowest BCUT2D eigenvalue weighted by molar-refractivity contribution is -0.114. The van der Waals surface area contributed by atoms with Crippen LogP contribution in [0.3, 0.4) is 0 Å². The van der Waals surface area contributed by atoms with Crippen LogP contribution in [0.2, 0.25) is 0 Å². The van der Waals surface area contributed by atoms with Gasteiger partial charge in [0.25, 0.3) is 5.91 Å². The van der Waals surface area contributed by atoms with Crippen molar-refractivity contribution in [1.29, 1.82) is 0 Å². The summed E-state index contributed by atoms with van der Waals surface area (Å²) in [5.41, 5.74) is 3.45. The van der Waals surface area contributed by atoms with Gasteiger partial charge in [0.05, 0.1) is 11.9 Å². The van der Waals surface area contributed by atoms with E-state index in [9.17, 15) is 9.18 Å². The molecule has 0 atom stereocenters. The second-order valence-corrected chi connectivity index (χ2v) is 9.54. The summed E-state index contributed by atoms with van der Waals surface area (Å²) in [5, 5.41) is 3.57. The average molecular weight is 529 g/mol. The number of aromatic nitrogens is 2. The molecule has 7 nitrogen and oxygen atoms in total. The lowest BCUT2D eigenvalue weighted by Gasteiger charge is -2.30. The van der Waals surface area contributed by atoms with Crippen molar-refractivity contribution in [3.05, 3.63) is 114 Å². The summed E-state index contributed by atoms with van der Waals surface area (Å²) < 4.78 is 24.8. The van der Waals surface area contributed by atoms with Gasteiger partial charge in [-0.25, -0.2) is 14.4 Å². The number of amides is 1. The Bertz CT molecular complexity index is 1450. The first-order valence-electron chi connectivity index (χ1n) is 12.0. The van der Waals surface area contributed by atoms with Crippen LogP contribution in [0.15, 0.2) is 97.5 Å². The first-order chi connectivity index (χ1) is 18.5. The number of rotatable bonds is 9. The molecule has 0 radical (unpaired) electrons. The number of hydrogen-bond donors (Lipinski definition) is 1. The number of carbonyl (C=O) groups is 1. The van der Waals surface area contributed by atoms with E-state index in [1.165, 1.54) is 18.3 Å². The van der Waals surface area contributed by atoms with Gasteiger partial charge in [-0.1, -0.05) is 60.4 Å². The molecule has 1 aliphatic heterocycles. The van der Waals surface area contributed by atoms with E-state index < -0.39 is 5.82 Å². The van der Waals surface area contributed by atoms with Gasteiger partial charge in [0.1, 0.15) is 18.2 Å². The highest BCUT2D eigenvalue weighted by molar-refractivity contribution is 7.17. The van der Waals surface area contributed by atoms with Gasteiger partial charge in [0, 0.05) is 31.4 Å². The fourth-order valence-corrected chi connectivity index (χ4v) is 4.58. The van der Waals surface area contributed by atoms with Crippen LogP contribution in [0.4, 0.5) is 9.52 Å². The molecule has 0 unspecified atom stereocenters. The Morgan fingerprint density at radius 3 is 2.74 bits per heavy atom. The first kappa shape index (κ1) is 25.2. The summed E-state index contributed by atoms with van der Waals surface area (Å²) in [5.74, 6) is 0.170. The van der Waals surface area contributed by atoms with E-state index in [2.05, 4.69) is 27.9 Å². The van der Waals surface area contributed by atoms with Crippen molar-refractivity contribution < 1.29 is 18.7 Å². The van der Waals surface area contributed by atoms with Crippen LogP contribution in [0.25, 0.3) is 5.57 Å². The van der Waals surface area contributed by atoms with E-state index in [0.717, 1.165) is 34.5 Å². The molecule has 1 amide bonds. The molecule has 0 bridgehead atoms. The van der Waals surface area contributed by atoms with Gasteiger partial charge >= 0.3 is 0 Å². The zero-order valence-electron chi connectivity index (χ0n) is 20.5. The smallest absolute Gasteiger partial charge is 0.273 e. The summed E-state index contributed by atoms with van der Waals surface area (Å²) in [7, 11) is 0. The van der Waals surface area contributed by atoms with Crippen LogP contribution in [-0.2, 0) is 11.4 Å². The molecule has 5 rings (SSSR count). The summed E-state index contributed by atoms with van der Waals surface area (Å²) >= 11 is 1.15. The molecule has 0 saturated carbocycles. The van der Waals surface area contributed by atoms with Crippen molar-refractivity contribution >= 4 is 27.9 Å². The van der Waals surface area contributed by atoms with Crippen molar-refractivity contribution in [3.8, 4) is 16.7 Å². The minimum atomic E-state index is -0.394. The Balaban J connectivity index is 1.15. The van der Waals surface area contributed by atoms with Gasteiger partial charge in [-0.15, -0.1) is 0 Å². The third kappa shape index (κ3) is 6.43. The molecule has 0 aliphatic carbocycles. The van der Waals surface area contributed by atoms with Gasteiger partial charge in [-0.2, -0.15) is 0 Å². The highest BCUT2D eigenvalue weighted by atomic mass is 32.1. The Kier molecular flexibility index (Phi) is 7.75. The van der Waals surface area contributed by atoms with Gasteiger partial charge in [0.2, 0.25) is 10.9 Å². The highest BCUT2D eigenvalue weighted by Gasteiger charge is 2.21. The zero-order valence-corrected chi connectivity index (χ0v) is 21.3. The summed E-state index contributed by atoms with van der Waals surface area (Å²) in [6.07, 6.45) is 6.20. The normalized spacial score (nSPS) is 13.0. The predicted octanol–water partition coefficient (Wildman–Crippen LogP) is 6.29. The molecular formula is C29H25FN4O3S. The minimum Gasteiger partial charge on any atom is -0.473 e. The Hall–Kier alpha value is -4.50. The van der Waals surface area contributed by atoms with Crippen LogP contribution in [0.5, 0.6) is 16.7 Å². The van der Waals surface area contributed by atoms with Crippen molar-refractivity contribution in [1.82, 2.24) is 14.9 Å². The molecule has 4 aromatic rings. The fraction of sp³-hybridized carbons (Fsp3) is 0.138. The molecule has 38 heavy (non-hydrogen) atoms. The number of anilines is 1. The molecule has 1 N–H and O–H groups in total. The molecular weight excluding hydrogens is 503 g/mol. The number of nitrogens with zero attached hydrogens (tertiary/aromatic N) is 3. The van der Waals surface area contributed by atoms with Crippen LogP contribution < -0.4 is 14.8 Å². The van der Waals surface area contributed by atoms with Crippen LogP contribution in [0, 0.1) is 5.82 Å². The molecule has 0 spiro atoms. The third-order valence-corrected chi connectivity index (χ3v) is 6.64. The van der Waals surface area contributed by atoms with Crippen molar-refractivity contribution in [3.63, 3.8) is 0 Å². The maximum atomic E-state index is 13.4. The molecule has 2 aromatic heterocycles. The second kappa shape index (κ2) is 11.7. The van der Waals surface area contributed by atoms with Crippen molar-refractivity contribution in [2.75, 3.05) is 18.4 Å². The number of pyridine rings is 1. The number of nitrogens with one attached hydrogen (secondary N) is 1. The van der Waals surface area contributed by atoms with E-state index in [-0.39, 0.29) is 5.91 Å². The molecule has 2 aromatic carbocycles. The van der Waals surface area contributed by atoms with Crippen LogP contribution in [0.1, 0.15) is 17.5 Å². The number of thiazole rings is 1. The minimum absolute atomic E-state index is 0.342. The summed E-state index contributed by atoms with van der Waals surface area (Å²) in [4.78, 5) is 23.4. The zero-order chi connectivity index (χ0) is 26.3. The molecule has 0 fully saturated rings. The maximum absolute atomic E-state index is 13.4. The lowest BCUT2D eigenvalue weighted by Crippen LogP contribution is -2.34. The first-order valence-corrected chi connectivity index (χ1v) is 12.8. The van der Waals surface area contributed by atoms with Crippen LogP contribution in [-0.4, -0.2) is 33.9 Å². The number of hydrogen-bond acceptors (Lipinski definition) is 7. The quantitative estimate of drug-likeness (QED) is 0.257. The number of benzene rings is 2. The molecule has 3 heterocycles. The monoisotopic (exact) mass is 528 g/mol. The topological polar surface area (TPSA) is 76.6 Å². The highest BCUT2D eigenvalue weighted by Crippen LogP contribution is 2.31. The lowest BCUT2D eigenvalue weighted by atomic mass is 10.0. The SMILES string of the molecule is C=C(C(=O)Nc1ncc(Oc2cccc(F)c2)s1)N1CCC=C(c2ccc(OCc3ccccc3)nc2)C1. The van der Waals surface area contributed by atoms with E-state index in [4.69, 9.17) is 9.47 Å². The van der Waals surface area contributed by atoms with Crippen molar-refractivity contribution in [2.45, 2.75) is 13.0 Å². The van der Waals surface area contributed by atoms with Crippen molar-refractivity contribution in [2.24, 2.45) is 0 Å². The van der Waals surface area contributed by atoms with Gasteiger partial charge in [0.15, 0.2) is 5.13 Å². The average Bonchev–Trinajstić information content (AvgIpc) is 3.38. The van der Waals surface area contributed by atoms with Crippen LogP contribution >= 0.6 is 11.3 Å². The number of carbonyl (C=O) groups excluding carboxylic acids is 1. The van der Waals surface area contributed by atoms with Gasteiger partial charge in [-0.3, -0.25) is 10.1 Å².